The van der Waals surface area contributed by atoms with Crippen LogP contribution in [0.15, 0.2) is 18.2 Å². The molecular formula is C9H9F2NO. The van der Waals surface area contributed by atoms with Crippen molar-refractivity contribution in [3.8, 4) is 0 Å². The van der Waals surface area contributed by atoms with Crippen molar-refractivity contribution in [2.75, 3.05) is 6.54 Å². The van der Waals surface area contributed by atoms with E-state index in [-0.39, 0.29) is 5.56 Å². The number of nitrogens with one attached hydrogen (secondary N) is 1. The summed E-state index contributed by atoms with van der Waals surface area (Å²) in [5.74, 6) is -2.71. The summed E-state index contributed by atoms with van der Waals surface area (Å²) >= 11 is 0. The zero-order valence-electron chi connectivity index (χ0n) is 7.10. The van der Waals surface area contributed by atoms with E-state index in [2.05, 4.69) is 5.32 Å². The first kappa shape index (κ1) is 9.64. The lowest BCUT2D eigenvalue weighted by Gasteiger charge is -2.03. The molecule has 0 atom stereocenters. The van der Waals surface area contributed by atoms with E-state index in [0.717, 1.165) is 6.07 Å². The molecule has 1 rings (SSSR count). The summed E-state index contributed by atoms with van der Waals surface area (Å²) in [6.45, 7) is 2.09. The van der Waals surface area contributed by atoms with Crippen LogP contribution in [0.25, 0.3) is 0 Å². The van der Waals surface area contributed by atoms with Crippen LogP contribution in [-0.4, -0.2) is 12.5 Å². The van der Waals surface area contributed by atoms with Gasteiger partial charge in [-0.25, -0.2) is 8.78 Å². The van der Waals surface area contributed by atoms with Crippen molar-refractivity contribution in [1.82, 2.24) is 5.32 Å². The molecule has 1 aromatic carbocycles. The van der Waals surface area contributed by atoms with Gasteiger partial charge >= 0.3 is 0 Å². The molecule has 1 aromatic rings. The monoisotopic (exact) mass is 185 g/mol. The fourth-order valence-electron chi connectivity index (χ4n) is 0.935. The second-order valence-corrected chi connectivity index (χ2v) is 2.46. The van der Waals surface area contributed by atoms with Gasteiger partial charge in [0.2, 0.25) is 0 Å². The lowest BCUT2D eigenvalue weighted by molar-refractivity contribution is 0.0951. The van der Waals surface area contributed by atoms with Crippen LogP contribution in [0.1, 0.15) is 17.3 Å². The quantitative estimate of drug-likeness (QED) is 0.746. The fraction of sp³-hybridized carbons (Fsp3) is 0.222. The van der Waals surface area contributed by atoms with Crippen LogP contribution in [0.4, 0.5) is 8.78 Å². The summed E-state index contributed by atoms with van der Waals surface area (Å²) in [7, 11) is 0. The van der Waals surface area contributed by atoms with Crippen LogP contribution < -0.4 is 5.32 Å². The summed E-state index contributed by atoms with van der Waals surface area (Å²) in [6.07, 6.45) is 0. The molecule has 0 radical (unpaired) electrons. The van der Waals surface area contributed by atoms with Gasteiger partial charge in [0.05, 0.1) is 5.56 Å². The molecule has 4 heteroatoms. The maximum Gasteiger partial charge on any atom is 0.254 e. The molecule has 0 aromatic heterocycles. The molecule has 70 valence electrons. The molecule has 0 heterocycles. The number of hydrogen-bond acceptors (Lipinski definition) is 1. The maximum atomic E-state index is 12.9. The van der Waals surface area contributed by atoms with Gasteiger partial charge in [0.15, 0.2) is 11.6 Å². The minimum absolute atomic E-state index is 0.262. The molecule has 0 bridgehead atoms. The predicted octanol–water partition coefficient (Wildman–Crippen LogP) is 1.71. The van der Waals surface area contributed by atoms with E-state index >= 15 is 0 Å². The molecule has 1 N–H and O–H groups in total. The van der Waals surface area contributed by atoms with Crippen LogP contribution in [-0.2, 0) is 0 Å². The van der Waals surface area contributed by atoms with Gasteiger partial charge in [-0.15, -0.1) is 0 Å². The number of halogens is 2. The van der Waals surface area contributed by atoms with E-state index in [4.69, 9.17) is 0 Å². The number of benzene rings is 1. The highest BCUT2D eigenvalue weighted by atomic mass is 19.2. The van der Waals surface area contributed by atoms with Crippen LogP contribution in [0.3, 0.4) is 0 Å². The highest BCUT2D eigenvalue weighted by molar-refractivity contribution is 5.94. The number of amides is 1. The minimum Gasteiger partial charge on any atom is -0.352 e. The van der Waals surface area contributed by atoms with Crippen LogP contribution in [0, 0.1) is 11.6 Å². The van der Waals surface area contributed by atoms with E-state index in [9.17, 15) is 13.6 Å². The van der Waals surface area contributed by atoms with Crippen molar-refractivity contribution >= 4 is 5.91 Å². The molecule has 13 heavy (non-hydrogen) atoms. The Kier molecular flexibility index (Phi) is 2.95. The Morgan fingerprint density at radius 3 is 2.77 bits per heavy atom. The molecule has 1 amide bonds. The molecule has 0 aliphatic rings. The molecular weight excluding hydrogens is 176 g/mol. The van der Waals surface area contributed by atoms with E-state index in [1.807, 2.05) is 0 Å². The van der Waals surface area contributed by atoms with Crippen molar-refractivity contribution in [3.05, 3.63) is 35.4 Å². The van der Waals surface area contributed by atoms with Gasteiger partial charge < -0.3 is 5.32 Å². The Bertz CT molecular complexity index is 325. The molecule has 2 nitrogen and oxygen atoms in total. The first-order valence-electron chi connectivity index (χ1n) is 3.89. The van der Waals surface area contributed by atoms with Gasteiger partial charge in [-0.05, 0) is 19.1 Å². The van der Waals surface area contributed by atoms with Gasteiger partial charge in [-0.1, -0.05) is 6.07 Å². The molecule has 0 fully saturated rings. The van der Waals surface area contributed by atoms with Gasteiger partial charge in [-0.3, -0.25) is 4.79 Å². The topological polar surface area (TPSA) is 29.1 Å². The number of rotatable bonds is 2. The van der Waals surface area contributed by atoms with Crippen molar-refractivity contribution in [1.29, 1.82) is 0 Å². The number of hydrogen-bond donors (Lipinski definition) is 1. The SMILES string of the molecule is CCNC(=O)c1cccc(F)c1F. The Morgan fingerprint density at radius 2 is 2.15 bits per heavy atom. The maximum absolute atomic E-state index is 12.9. The summed E-state index contributed by atoms with van der Waals surface area (Å²) < 4.78 is 25.6. The third-order valence-electron chi connectivity index (χ3n) is 1.53. The smallest absolute Gasteiger partial charge is 0.254 e. The Balaban J connectivity index is 3.01. The van der Waals surface area contributed by atoms with E-state index < -0.39 is 17.5 Å². The van der Waals surface area contributed by atoms with Crippen molar-refractivity contribution < 1.29 is 13.6 Å². The third-order valence-corrected chi connectivity index (χ3v) is 1.53. The van der Waals surface area contributed by atoms with Gasteiger partial charge in [0.25, 0.3) is 5.91 Å². The highest BCUT2D eigenvalue weighted by Gasteiger charge is 2.13. The second kappa shape index (κ2) is 3.98. The van der Waals surface area contributed by atoms with E-state index in [1.54, 1.807) is 6.92 Å². The summed E-state index contributed by atoms with van der Waals surface area (Å²) in [4.78, 5) is 11.1. The average Bonchev–Trinajstić information content (AvgIpc) is 2.10. The zero-order valence-corrected chi connectivity index (χ0v) is 7.10. The normalized spacial score (nSPS) is 9.77. The lowest BCUT2D eigenvalue weighted by atomic mass is 10.2. The number of carbonyl (C=O) groups is 1. The molecule has 0 saturated carbocycles. The van der Waals surface area contributed by atoms with Crippen molar-refractivity contribution in [2.45, 2.75) is 6.92 Å². The third kappa shape index (κ3) is 2.02. The highest BCUT2D eigenvalue weighted by Crippen LogP contribution is 2.10. The van der Waals surface area contributed by atoms with Crippen LogP contribution in [0.5, 0.6) is 0 Å². The molecule has 0 aliphatic carbocycles. The summed E-state index contributed by atoms with van der Waals surface area (Å²) in [6, 6.07) is 3.50. The average molecular weight is 185 g/mol. The van der Waals surface area contributed by atoms with Crippen molar-refractivity contribution in [3.63, 3.8) is 0 Å². The first-order chi connectivity index (χ1) is 6.16. The first-order valence-corrected chi connectivity index (χ1v) is 3.89. The second-order valence-electron chi connectivity index (χ2n) is 2.46. The molecule has 0 aliphatic heterocycles. The Hall–Kier alpha value is -1.45. The zero-order chi connectivity index (χ0) is 9.84. The predicted molar refractivity (Wildman–Crippen MR) is 44.4 cm³/mol. The van der Waals surface area contributed by atoms with Crippen LogP contribution in [0.2, 0.25) is 0 Å². The van der Waals surface area contributed by atoms with E-state index in [0.29, 0.717) is 6.54 Å². The largest absolute Gasteiger partial charge is 0.352 e. The fourth-order valence-corrected chi connectivity index (χ4v) is 0.935. The number of carbonyl (C=O) groups excluding carboxylic acids is 1. The summed E-state index contributed by atoms with van der Waals surface area (Å²) in [5, 5.41) is 2.38. The standard InChI is InChI=1S/C9H9F2NO/c1-2-12-9(13)6-4-3-5-7(10)8(6)11/h3-5H,2H2,1H3,(H,12,13). The van der Waals surface area contributed by atoms with E-state index in [1.165, 1.54) is 12.1 Å². The van der Waals surface area contributed by atoms with Crippen molar-refractivity contribution in [2.24, 2.45) is 0 Å². The van der Waals surface area contributed by atoms with Gasteiger partial charge in [0, 0.05) is 6.54 Å². The lowest BCUT2D eigenvalue weighted by Crippen LogP contribution is -2.24. The Labute approximate surface area is 74.6 Å². The summed E-state index contributed by atoms with van der Waals surface area (Å²) in [5.41, 5.74) is -0.262. The Morgan fingerprint density at radius 1 is 1.46 bits per heavy atom. The molecule has 0 spiro atoms. The van der Waals surface area contributed by atoms with Crippen LogP contribution >= 0.6 is 0 Å². The molecule has 0 saturated heterocycles. The minimum atomic E-state index is -1.10. The van der Waals surface area contributed by atoms with Gasteiger partial charge in [-0.2, -0.15) is 0 Å². The molecule has 0 unspecified atom stereocenters. The van der Waals surface area contributed by atoms with Gasteiger partial charge in [0.1, 0.15) is 0 Å².